The van der Waals surface area contributed by atoms with Crippen LogP contribution in [0.3, 0.4) is 0 Å². The van der Waals surface area contributed by atoms with Gasteiger partial charge in [-0.15, -0.1) is 0 Å². The van der Waals surface area contributed by atoms with Crippen LogP contribution in [0.15, 0.2) is 110 Å². The zero-order chi connectivity index (χ0) is 84.5. The first kappa shape index (κ1) is 84.2. The number of carbonyl (C=O) groups is 5. The quantitative estimate of drug-likeness (QED) is 0.102. The SMILES string of the molecule is CC(C)(C)OC(=O)N1Cc2nc(-c3c(F)cccc3C#N)cc(Cl)c2C1=O.CO[C@H]1CN(c2ccn(-c3cc(-c4c(F)cccc4C#N)nc4c3C(=O)N(C(=O)OC(C)(C)C)C4)n2)C[C@@]1(C)OC.CO[C@H]1CN(c2ccn(-c3cc(-c4c(F)cccc4C#N)nc4c3C(=O)NC4)n2)C[C@@]1(C)OC.CO[C@H]1CN(c2ccn[nH]2)C[C@@]1(C)OC. The molecule has 5 amide bonds. The average Bonchev–Trinajstić information content (AvgIpc) is 1.61. The molecule has 117 heavy (non-hydrogen) atoms. The molecule has 3 saturated heterocycles. The number of carbonyl (C=O) groups excluding carboxylic acids is 5. The van der Waals surface area contributed by atoms with E-state index in [0.29, 0.717) is 54.8 Å². The van der Waals surface area contributed by atoms with Crippen molar-refractivity contribution in [1.29, 1.82) is 15.8 Å². The zero-order valence-electron chi connectivity index (χ0n) is 67.0. The number of benzene rings is 3. The van der Waals surface area contributed by atoms with Crippen LogP contribution >= 0.6 is 11.6 Å². The van der Waals surface area contributed by atoms with Gasteiger partial charge in [0.15, 0.2) is 11.6 Å². The van der Waals surface area contributed by atoms with Gasteiger partial charge in [-0.05, 0) is 117 Å². The fraction of sp³-hybridized carbons (Fsp3) is 0.390. The van der Waals surface area contributed by atoms with Gasteiger partial charge in [0.25, 0.3) is 17.7 Å². The molecule has 0 bridgehead atoms. The molecular formula is C82H86ClF3N18O13. The smallest absolute Gasteiger partial charge is 0.417 e. The molecule has 3 fully saturated rings. The summed E-state index contributed by atoms with van der Waals surface area (Å²) in [5.74, 6) is -1.03. The molecule has 2 N–H and O–H groups in total. The van der Waals surface area contributed by atoms with Crippen LogP contribution in [0.1, 0.15) is 127 Å². The summed E-state index contributed by atoms with van der Waals surface area (Å²) in [4.78, 5) is 85.4. The summed E-state index contributed by atoms with van der Waals surface area (Å²) < 4.78 is 91.5. The van der Waals surface area contributed by atoms with Crippen molar-refractivity contribution in [3.8, 4) is 63.4 Å². The first-order valence-electron chi connectivity index (χ1n) is 36.9. The number of halogens is 4. The van der Waals surface area contributed by atoms with Gasteiger partial charge < -0.3 is 57.9 Å². The summed E-state index contributed by atoms with van der Waals surface area (Å²) in [5, 5.41) is 47.5. The topological polar surface area (TPSA) is 362 Å². The summed E-state index contributed by atoms with van der Waals surface area (Å²) >= 11 is 6.23. The Bertz CT molecular complexity index is 5480. The van der Waals surface area contributed by atoms with Gasteiger partial charge in [-0.3, -0.25) is 19.5 Å². The molecule has 31 nitrogen and oxygen atoms in total. The molecule has 6 aromatic heterocycles. The average molecular weight is 1620 g/mol. The number of imide groups is 2. The number of pyridine rings is 3. The van der Waals surface area contributed by atoms with Gasteiger partial charge in [0.2, 0.25) is 0 Å². The van der Waals surface area contributed by atoms with Crippen molar-refractivity contribution in [2.45, 2.75) is 128 Å². The monoisotopic (exact) mass is 1620 g/mol. The van der Waals surface area contributed by atoms with Crippen molar-refractivity contribution in [3.63, 3.8) is 0 Å². The van der Waals surface area contributed by atoms with Gasteiger partial charge in [-0.25, -0.2) is 56.9 Å². The minimum absolute atomic E-state index is 0.00654. The second kappa shape index (κ2) is 33.6. The van der Waals surface area contributed by atoms with E-state index in [1.807, 2.05) is 49.1 Å². The van der Waals surface area contributed by atoms with Crippen molar-refractivity contribution in [1.82, 2.24) is 59.8 Å². The zero-order valence-corrected chi connectivity index (χ0v) is 67.7. The Morgan fingerprint density at radius 2 is 0.906 bits per heavy atom. The minimum atomic E-state index is -0.828. The Hall–Kier alpha value is -12.2. The molecule has 6 aliphatic rings. The molecular weight excluding hydrogens is 1540 g/mol. The van der Waals surface area contributed by atoms with Crippen molar-refractivity contribution in [2.75, 3.05) is 96.6 Å². The number of aromatic amines is 1. The number of nitrogens with one attached hydrogen (secondary N) is 2. The maximum absolute atomic E-state index is 15.1. The molecule has 0 aliphatic carbocycles. The van der Waals surface area contributed by atoms with Gasteiger partial charge >= 0.3 is 12.2 Å². The minimum Gasteiger partial charge on any atom is -0.443 e. The fourth-order valence-corrected chi connectivity index (χ4v) is 14.9. The number of methoxy groups -OCH3 is 6. The van der Waals surface area contributed by atoms with Crippen LogP contribution in [0.2, 0.25) is 5.02 Å². The number of hydrogen-bond donors (Lipinski definition) is 2. The first-order chi connectivity index (χ1) is 55.6. The Morgan fingerprint density at radius 1 is 0.521 bits per heavy atom. The number of ether oxygens (including phenoxy) is 8. The molecule has 0 spiro atoms. The van der Waals surface area contributed by atoms with E-state index in [1.54, 1.807) is 120 Å². The van der Waals surface area contributed by atoms with Gasteiger partial charge in [0.05, 0.1) is 164 Å². The predicted molar refractivity (Wildman–Crippen MR) is 420 cm³/mol. The molecule has 610 valence electrons. The van der Waals surface area contributed by atoms with Crippen molar-refractivity contribution < 1.29 is 75.0 Å². The maximum atomic E-state index is 15.1. The lowest BCUT2D eigenvalue weighted by Crippen LogP contribution is -2.41. The van der Waals surface area contributed by atoms with E-state index in [2.05, 4.69) is 47.2 Å². The summed E-state index contributed by atoms with van der Waals surface area (Å²) in [6, 6.07) is 28.5. The second-order valence-electron chi connectivity index (χ2n) is 30.8. The Balaban J connectivity index is 0.000000151. The van der Waals surface area contributed by atoms with Gasteiger partial charge in [-0.2, -0.15) is 31.1 Å². The molecule has 15 rings (SSSR count). The van der Waals surface area contributed by atoms with Crippen molar-refractivity contribution in [2.24, 2.45) is 0 Å². The summed E-state index contributed by atoms with van der Waals surface area (Å²) in [6.45, 7) is 19.9. The highest BCUT2D eigenvalue weighted by Gasteiger charge is 2.48. The molecule has 35 heteroatoms. The normalized spacial score (nSPS) is 20.4. The van der Waals surface area contributed by atoms with E-state index in [1.165, 1.54) is 71.4 Å². The lowest BCUT2D eigenvalue weighted by atomic mass is 10.0. The number of nitrogens with zero attached hydrogens (tertiary/aromatic N) is 16. The van der Waals surface area contributed by atoms with Gasteiger partial charge in [0, 0.05) is 92.9 Å². The largest absolute Gasteiger partial charge is 0.443 e. The van der Waals surface area contributed by atoms with E-state index in [4.69, 9.17) is 59.7 Å². The number of nitriles is 3. The molecule has 6 aliphatic heterocycles. The number of amides is 5. The molecule has 6 atom stereocenters. The Morgan fingerprint density at radius 3 is 1.29 bits per heavy atom. The van der Waals surface area contributed by atoms with Crippen LogP contribution in [0.25, 0.3) is 45.1 Å². The van der Waals surface area contributed by atoms with Crippen LogP contribution in [0, 0.1) is 51.4 Å². The molecule has 3 aromatic carbocycles. The van der Waals surface area contributed by atoms with Crippen LogP contribution in [-0.2, 0) is 57.5 Å². The molecule has 0 unspecified atom stereocenters. The number of rotatable bonds is 14. The van der Waals surface area contributed by atoms with E-state index in [0.717, 1.165) is 28.7 Å². The summed E-state index contributed by atoms with van der Waals surface area (Å²) in [5.41, 5.74) is 0.345. The number of H-pyrrole nitrogens is 1. The number of aromatic nitrogens is 9. The third-order valence-electron chi connectivity index (χ3n) is 20.9. The highest BCUT2D eigenvalue weighted by atomic mass is 35.5. The number of anilines is 3. The molecule has 0 saturated carbocycles. The Labute approximate surface area is 677 Å². The predicted octanol–water partition coefficient (Wildman–Crippen LogP) is 11.5. The summed E-state index contributed by atoms with van der Waals surface area (Å²) in [7, 11) is 10.0. The standard InChI is InChI=1S/C29H31FN6O5.C24H23FN6O3.C19H15ClFN3O3.C10H17N3O2/c1-28(2,3)41-27(38)35-14-20-25(26(35)37)21(12-19(32-20)24-17(13-31)8-7-9-18(24)30)36-11-10-23(33-36)34-15-22(39-5)29(4,16-34)40-6;1-24(34-3)13-30(12-19(24)33-2)20-7-8-31(29-20)18-9-16(28-17-11-27-23(32)22(17)18)21-14(10-26)5-4-6-15(21)25;1-19(2,3)27-18(26)24-9-14-16(17(24)25)11(20)7-13(23-14)15-10(8-22)5-4-6-12(15)21;1-10(15-3)7-13(6-8(10)14-2)9-4-5-11-12-9/h7-12,22H,14-16H2,1-6H3;4-9,19H,11-13H2,1-3H3,(H,27,32);4-7H,9H2,1-3H3;4-5,8H,6-7H2,1-3H3,(H,11,12)/t22-,29+;19-,24+;;8-,10+/m00.0/s1. The number of hydrogen-bond acceptors (Lipinski definition) is 25. The summed E-state index contributed by atoms with van der Waals surface area (Å²) in [6.07, 6.45) is 3.31. The van der Waals surface area contributed by atoms with Crippen LogP contribution in [-0.4, -0.2) is 213 Å². The molecule has 9 aromatic rings. The highest BCUT2D eigenvalue weighted by Crippen LogP contribution is 2.41. The third kappa shape index (κ3) is 17.0. The lowest BCUT2D eigenvalue weighted by molar-refractivity contribution is -0.0746. The number of fused-ring (bicyclic) bond motifs is 3. The maximum Gasteiger partial charge on any atom is 0.417 e. The van der Waals surface area contributed by atoms with Crippen molar-refractivity contribution >= 4 is 59.0 Å². The van der Waals surface area contributed by atoms with Crippen LogP contribution in [0.4, 0.5) is 40.2 Å². The lowest BCUT2D eigenvalue weighted by Gasteiger charge is -2.27. The van der Waals surface area contributed by atoms with E-state index >= 15 is 4.39 Å². The molecule has 12 heterocycles. The molecule has 0 radical (unpaired) electrons. The fourth-order valence-electron chi connectivity index (χ4n) is 14.6. The van der Waals surface area contributed by atoms with E-state index in [-0.39, 0.29) is 133 Å². The van der Waals surface area contributed by atoms with Crippen molar-refractivity contribution in [3.05, 3.63) is 183 Å². The van der Waals surface area contributed by atoms with Gasteiger partial charge in [0.1, 0.15) is 69.6 Å². The second-order valence-corrected chi connectivity index (χ2v) is 31.2. The third-order valence-corrected chi connectivity index (χ3v) is 21.2. The van der Waals surface area contributed by atoms with Crippen LogP contribution in [0.5, 0.6) is 0 Å². The van der Waals surface area contributed by atoms with Crippen LogP contribution < -0.4 is 20.0 Å². The van der Waals surface area contributed by atoms with E-state index in [9.17, 15) is 48.5 Å². The Kier molecular flexibility index (Phi) is 24.2. The first-order valence-corrected chi connectivity index (χ1v) is 37.3. The highest BCUT2D eigenvalue weighted by molar-refractivity contribution is 6.35. The van der Waals surface area contributed by atoms with E-state index < -0.39 is 63.9 Å². The van der Waals surface area contributed by atoms with Gasteiger partial charge in [-0.1, -0.05) is 29.8 Å².